The van der Waals surface area contributed by atoms with E-state index in [1.54, 1.807) is 66.7 Å². The van der Waals surface area contributed by atoms with E-state index in [4.69, 9.17) is 14.2 Å². The molecule has 3 heterocycles. The average molecular weight is 481 g/mol. The van der Waals surface area contributed by atoms with E-state index in [0.29, 0.717) is 36.0 Å². The first-order chi connectivity index (χ1) is 17.5. The zero-order valence-electron chi connectivity index (χ0n) is 18.9. The van der Waals surface area contributed by atoms with Crippen LogP contribution in [0.3, 0.4) is 0 Å². The summed E-state index contributed by atoms with van der Waals surface area (Å²) in [7, 11) is 0. The third-order valence-electron chi connectivity index (χ3n) is 7.43. The summed E-state index contributed by atoms with van der Waals surface area (Å²) in [6.45, 7) is 0.749. The Kier molecular flexibility index (Phi) is 4.29. The van der Waals surface area contributed by atoms with Crippen LogP contribution < -0.4 is 14.4 Å². The third-order valence-corrected chi connectivity index (χ3v) is 7.43. The highest BCUT2D eigenvalue weighted by Gasteiger charge is 2.74. The first-order valence-corrected chi connectivity index (χ1v) is 11.7. The second-order valence-corrected chi connectivity index (χ2v) is 9.23. The first kappa shape index (κ1) is 21.0. The van der Waals surface area contributed by atoms with Gasteiger partial charge in [-0.25, -0.2) is 4.90 Å². The fourth-order valence-corrected chi connectivity index (χ4v) is 5.89. The molecule has 0 N–H and O–H groups in total. The lowest BCUT2D eigenvalue weighted by Crippen LogP contribution is -2.51. The highest BCUT2D eigenvalue weighted by molar-refractivity contribution is 6.37. The van der Waals surface area contributed by atoms with Crippen molar-refractivity contribution in [2.45, 2.75) is 11.7 Å². The minimum Gasteiger partial charge on any atom is -0.486 e. The molecule has 4 aliphatic rings. The second kappa shape index (κ2) is 7.35. The lowest BCUT2D eigenvalue weighted by Gasteiger charge is -2.27. The lowest BCUT2D eigenvalue weighted by molar-refractivity contribution is -0.127. The Morgan fingerprint density at radius 1 is 0.722 bits per heavy atom. The monoisotopic (exact) mass is 481 g/mol. The molecule has 0 bridgehead atoms. The largest absolute Gasteiger partial charge is 0.486 e. The maximum atomic E-state index is 14.0. The topological polar surface area (TPSA) is 99.2 Å². The highest BCUT2D eigenvalue weighted by Crippen LogP contribution is 2.57. The molecule has 0 aromatic heterocycles. The van der Waals surface area contributed by atoms with Gasteiger partial charge in [0.2, 0.25) is 29.0 Å². The number of hydrogen-bond donors (Lipinski definition) is 0. The number of ether oxygens (including phenoxy) is 3. The number of hydrogen-bond acceptors (Lipinski definition) is 7. The van der Waals surface area contributed by atoms with Crippen molar-refractivity contribution < 1.29 is 33.4 Å². The van der Waals surface area contributed by atoms with Crippen molar-refractivity contribution >= 4 is 29.1 Å². The van der Waals surface area contributed by atoms with Gasteiger partial charge in [0, 0.05) is 17.2 Å². The van der Waals surface area contributed by atoms with Gasteiger partial charge in [0.25, 0.3) is 0 Å². The summed E-state index contributed by atoms with van der Waals surface area (Å²) in [5.41, 5.74) is -0.780. The Morgan fingerprint density at radius 2 is 1.36 bits per heavy atom. The maximum absolute atomic E-state index is 14.0. The quantitative estimate of drug-likeness (QED) is 0.410. The zero-order chi connectivity index (χ0) is 24.6. The van der Waals surface area contributed by atoms with Crippen LogP contribution >= 0.6 is 0 Å². The van der Waals surface area contributed by atoms with Gasteiger partial charge < -0.3 is 14.2 Å². The molecular weight excluding hydrogens is 462 g/mol. The number of amides is 2. The average Bonchev–Trinajstić information content (AvgIpc) is 3.49. The summed E-state index contributed by atoms with van der Waals surface area (Å²) in [6.07, 6.45) is -0.947. The van der Waals surface area contributed by atoms with Crippen molar-refractivity contribution in [3.63, 3.8) is 0 Å². The van der Waals surface area contributed by atoms with E-state index in [1.165, 1.54) is 0 Å². The molecule has 0 radical (unpaired) electrons. The van der Waals surface area contributed by atoms with Gasteiger partial charge in [-0.15, -0.1) is 0 Å². The van der Waals surface area contributed by atoms with Gasteiger partial charge in [0.15, 0.2) is 11.5 Å². The molecule has 3 aliphatic heterocycles. The van der Waals surface area contributed by atoms with E-state index in [0.717, 1.165) is 4.90 Å². The molecule has 3 atom stereocenters. The van der Waals surface area contributed by atoms with Crippen LogP contribution in [0.4, 0.5) is 5.69 Å². The normalized spacial score (nSPS) is 25.4. The molecule has 0 saturated carbocycles. The fraction of sp³-hybridized carbons (Fsp3) is 0.214. The van der Waals surface area contributed by atoms with E-state index in [1.807, 2.05) is 6.07 Å². The second-order valence-electron chi connectivity index (χ2n) is 9.23. The number of fused-ring (bicyclic) bond motifs is 4. The van der Waals surface area contributed by atoms with Gasteiger partial charge in [-0.1, -0.05) is 54.6 Å². The molecule has 178 valence electrons. The summed E-state index contributed by atoms with van der Waals surface area (Å²) < 4.78 is 17.5. The highest BCUT2D eigenvalue weighted by atomic mass is 16.6. The van der Waals surface area contributed by atoms with Crippen molar-refractivity contribution in [2.24, 2.45) is 11.8 Å². The number of carbonyl (C=O) groups is 4. The number of imide groups is 1. The van der Waals surface area contributed by atoms with E-state index in [9.17, 15) is 19.2 Å². The summed E-state index contributed by atoms with van der Waals surface area (Å²) in [4.78, 5) is 56.5. The number of ketones is 2. The van der Waals surface area contributed by atoms with E-state index in [2.05, 4.69) is 0 Å². The van der Waals surface area contributed by atoms with Crippen molar-refractivity contribution in [1.82, 2.24) is 0 Å². The SMILES string of the molecule is O=C1[C@H]2[C@@H](C(=O)N1c1ccc3c(c1)OCCO3)C1(O[C@H]2c2ccccc2)C(=O)c2ccccc2C1=O. The Bertz CT molecular complexity index is 1450. The van der Waals surface area contributed by atoms with E-state index >= 15 is 0 Å². The van der Waals surface area contributed by atoms with Crippen molar-refractivity contribution in [3.8, 4) is 11.5 Å². The van der Waals surface area contributed by atoms with Crippen LogP contribution in [0.5, 0.6) is 11.5 Å². The van der Waals surface area contributed by atoms with Gasteiger partial charge in [-0.05, 0) is 17.7 Å². The molecule has 1 aliphatic carbocycles. The number of benzene rings is 3. The molecule has 0 unspecified atom stereocenters. The third kappa shape index (κ3) is 2.56. The number of anilines is 1. The maximum Gasteiger partial charge on any atom is 0.241 e. The fourth-order valence-electron chi connectivity index (χ4n) is 5.89. The Balaban J connectivity index is 1.39. The molecule has 2 fully saturated rings. The number of carbonyl (C=O) groups excluding carboxylic acids is 4. The predicted molar refractivity (Wildman–Crippen MR) is 125 cm³/mol. The number of nitrogens with zero attached hydrogens (tertiary/aromatic N) is 1. The number of rotatable bonds is 2. The van der Waals surface area contributed by atoms with Gasteiger partial charge >= 0.3 is 0 Å². The summed E-state index contributed by atoms with van der Waals surface area (Å²) >= 11 is 0. The smallest absolute Gasteiger partial charge is 0.241 e. The predicted octanol–water partition coefficient (Wildman–Crippen LogP) is 3.15. The van der Waals surface area contributed by atoms with Crippen molar-refractivity contribution in [1.29, 1.82) is 0 Å². The minimum atomic E-state index is -2.09. The van der Waals surface area contributed by atoms with Gasteiger partial charge in [0.1, 0.15) is 13.2 Å². The zero-order valence-corrected chi connectivity index (χ0v) is 18.9. The molecule has 8 nitrogen and oxygen atoms in total. The van der Waals surface area contributed by atoms with Crippen LogP contribution in [0.2, 0.25) is 0 Å². The number of Topliss-reactive ketones (excluding diaryl/α,β-unsaturated/α-hetero) is 2. The van der Waals surface area contributed by atoms with E-state index < -0.39 is 46.9 Å². The molecule has 3 aromatic rings. The van der Waals surface area contributed by atoms with Crippen LogP contribution in [0.25, 0.3) is 0 Å². The molecule has 7 rings (SSSR count). The van der Waals surface area contributed by atoms with Gasteiger partial charge in [-0.3, -0.25) is 19.2 Å². The van der Waals surface area contributed by atoms with E-state index in [-0.39, 0.29) is 11.1 Å². The molecule has 2 amide bonds. The molecule has 8 heteroatoms. The Hall–Kier alpha value is -4.30. The van der Waals surface area contributed by atoms with Crippen molar-refractivity contribution in [3.05, 3.63) is 89.5 Å². The van der Waals surface area contributed by atoms with Crippen LogP contribution in [-0.4, -0.2) is 42.2 Å². The van der Waals surface area contributed by atoms with Crippen LogP contribution in [0.1, 0.15) is 32.4 Å². The lowest BCUT2D eigenvalue weighted by atomic mass is 9.77. The summed E-state index contributed by atoms with van der Waals surface area (Å²) in [6, 6.07) is 20.2. The molecule has 1 spiro atoms. The van der Waals surface area contributed by atoms with Gasteiger partial charge in [0.05, 0.1) is 23.6 Å². The van der Waals surface area contributed by atoms with Crippen LogP contribution in [0, 0.1) is 11.8 Å². The Morgan fingerprint density at radius 3 is 2.06 bits per heavy atom. The van der Waals surface area contributed by atoms with Crippen LogP contribution in [-0.2, 0) is 14.3 Å². The molecule has 3 aromatic carbocycles. The first-order valence-electron chi connectivity index (χ1n) is 11.7. The summed E-state index contributed by atoms with van der Waals surface area (Å²) in [5, 5.41) is 0. The minimum absolute atomic E-state index is 0.202. The van der Waals surface area contributed by atoms with Crippen LogP contribution in [0.15, 0.2) is 72.8 Å². The molecule has 36 heavy (non-hydrogen) atoms. The van der Waals surface area contributed by atoms with Gasteiger partial charge in [-0.2, -0.15) is 0 Å². The Labute approximate surface area is 205 Å². The molecule has 2 saturated heterocycles. The van der Waals surface area contributed by atoms with Crippen molar-refractivity contribution in [2.75, 3.05) is 18.1 Å². The standard InChI is InChI=1S/C28H19NO7/c30-24-17-8-4-5-9-18(17)25(31)28(24)22-21(23(36-28)15-6-2-1-3-7-15)26(32)29(27(22)33)16-10-11-19-20(14-16)35-13-12-34-19/h1-11,14,21-23H,12-13H2/t21-,22-,23-/m0/s1. The summed E-state index contributed by atoms with van der Waals surface area (Å²) in [5.74, 6) is -3.74. The molecular formula is C28H19NO7.